The van der Waals surface area contributed by atoms with Gasteiger partial charge < -0.3 is 15.0 Å². The van der Waals surface area contributed by atoms with E-state index in [0.29, 0.717) is 11.8 Å². The molecule has 1 aliphatic heterocycles. The topological polar surface area (TPSA) is 41.6 Å². The molecule has 0 spiro atoms. The highest BCUT2D eigenvalue weighted by molar-refractivity contribution is 8.00. The SMILES string of the molecule is COc1cccc(SCC(=O)NC2CCCN(C)C2)c1. The fraction of sp³-hybridized carbons (Fsp3) is 0.533. The molecule has 1 unspecified atom stereocenters. The van der Waals surface area contributed by atoms with Crippen molar-refractivity contribution in [1.82, 2.24) is 10.2 Å². The van der Waals surface area contributed by atoms with Crippen molar-refractivity contribution in [3.63, 3.8) is 0 Å². The fourth-order valence-corrected chi connectivity index (χ4v) is 3.15. The maximum atomic E-state index is 12.0. The van der Waals surface area contributed by atoms with Gasteiger partial charge in [-0.3, -0.25) is 4.79 Å². The van der Waals surface area contributed by atoms with E-state index in [1.54, 1.807) is 18.9 Å². The molecule has 1 amide bonds. The number of ether oxygens (including phenoxy) is 1. The summed E-state index contributed by atoms with van der Waals surface area (Å²) in [4.78, 5) is 15.3. The Morgan fingerprint density at radius 3 is 3.15 bits per heavy atom. The number of thioether (sulfide) groups is 1. The molecule has 0 aromatic heterocycles. The molecule has 1 heterocycles. The number of nitrogens with one attached hydrogen (secondary N) is 1. The Bertz CT molecular complexity index is 453. The van der Waals surface area contributed by atoms with Crippen molar-refractivity contribution >= 4 is 17.7 Å². The second-order valence-electron chi connectivity index (χ2n) is 5.14. The summed E-state index contributed by atoms with van der Waals surface area (Å²) < 4.78 is 5.18. The fourth-order valence-electron chi connectivity index (χ4n) is 2.39. The highest BCUT2D eigenvalue weighted by atomic mass is 32.2. The normalized spacial score (nSPS) is 19.6. The first kappa shape index (κ1) is 15.2. The molecule has 1 saturated heterocycles. The molecule has 20 heavy (non-hydrogen) atoms. The molecule has 110 valence electrons. The zero-order chi connectivity index (χ0) is 14.4. The number of rotatable bonds is 5. The van der Waals surface area contributed by atoms with Gasteiger partial charge in [0.15, 0.2) is 0 Å². The minimum atomic E-state index is 0.109. The molecular weight excluding hydrogens is 272 g/mol. The number of carbonyl (C=O) groups is 1. The summed E-state index contributed by atoms with van der Waals surface area (Å²) in [6.07, 6.45) is 2.24. The average molecular weight is 294 g/mol. The van der Waals surface area contributed by atoms with Gasteiger partial charge in [0.1, 0.15) is 5.75 Å². The standard InChI is InChI=1S/C15H22N2O2S/c1-17-8-4-5-12(10-17)16-15(18)11-20-14-7-3-6-13(9-14)19-2/h3,6-7,9,12H,4-5,8,10-11H2,1-2H3,(H,16,18). The van der Waals surface area contributed by atoms with Gasteiger partial charge in [-0.25, -0.2) is 0 Å². The van der Waals surface area contributed by atoms with Crippen molar-refractivity contribution in [2.24, 2.45) is 0 Å². The third-order valence-corrected chi connectivity index (χ3v) is 4.39. The number of likely N-dealkylation sites (N-methyl/N-ethyl adjacent to an activating group) is 1. The van der Waals surface area contributed by atoms with Gasteiger partial charge in [0.25, 0.3) is 0 Å². The van der Waals surface area contributed by atoms with Crippen molar-refractivity contribution in [2.75, 3.05) is 33.0 Å². The summed E-state index contributed by atoms with van der Waals surface area (Å²) in [5.41, 5.74) is 0. The van der Waals surface area contributed by atoms with Crippen LogP contribution in [-0.2, 0) is 4.79 Å². The lowest BCUT2D eigenvalue weighted by Gasteiger charge is -2.30. The van der Waals surface area contributed by atoms with E-state index in [1.807, 2.05) is 24.3 Å². The van der Waals surface area contributed by atoms with Crippen LogP contribution in [0, 0.1) is 0 Å². The first-order chi connectivity index (χ1) is 9.67. The largest absolute Gasteiger partial charge is 0.497 e. The van der Waals surface area contributed by atoms with E-state index in [0.717, 1.165) is 36.6 Å². The van der Waals surface area contributed by atoms with E-state index in [2.05, 4.69) is 17.3 Å². The Labute approximate surface area is 124 Å². The number of benzene rings is 1. The van der Waals surface area contributed by atoms with Crippen molar-refractivity contribution < 1.29 is 9.53 Å². The van der Waals surface area contributed by atoms with Gasteiger partial charge in [-0.2, -0.15) is 0 Å². The number of amides is 1. The van der Waals surface area contributed by atoms with Crippen LogP contribution in [0.15, 0.2) is 29.2 Å². The number of piperidine rings is 1. The Hall–Kier alpha value is -1.20. The monoisotopic (exact) mass is 294 g/mol. The maximum Gasteiger partial charge on any atom is 0.230 e. The van der Waals surface area contributed by atoms with Gasteiger partial charge in [-0.15, -0.1) is 11.8 Å². The van der Waals surface area contributed by atoms with Gasteiger partial charge in [-0.05, 0) is 44.6 Å². The highest BCUT2D eigenvalue weighted by Gasteiger charge is 2.18. The van der Waals surface area contributed by atoms with Crippen LogP contribution in [0.25, 0.3) is 0 Å². The van der Waals surface area contributed by atoms with Crippen molar-refractivity contribution in [3.8, 4) is 5.75 Å². The van der Waals surface area contributed by atoms with E-state index in [1.165, 1.54) is 0 Å². The summed E-state index contributed by atoms with van der Waals surface area (Å²) in [5, 5.41) is 3.12. The molecule has 1 atom stereocenters. The van der Waals surface area contributed by atoms with Crippen LogP contribution in [0.2, 0.25) is 0 Å². The Morgan fingerprint density at radius 1 is 1.55 bits per heavy atom. The van der Waals surface area contributed by atoms with Crippen LogP contribution >= 0.6 is 11.8 Å². The van der Waals surface area contributed by atoms with Gasteiger partial charge in [0, 0.05) is 17.5 Å². The molecule has 1 aromatic rings. The lowest BCUT2D eigenvalue weighted by molar-refractivity contribution is -0.119. The maximum absolute atomic E-state index is 12.0. The molecule has 1 N–H and O–H groups in total. The Morgan fingerprint density at radius 2 is 2.40 bits per heavy atom. The van der Waals surface area contributed by atoms with E-state index in [4.69, 9.17) is 4.74 Å². The average Bonchev–Trinajstić information content (AvgIpc) is 2.45. The lowest BCUT2D eigenvalue weighted by Crippen LogP contribution is -2.46. The number of nitrogens with zero attached hydrogens (tertiary/aromatic N) is 1. The van der Waals surface area contributed by atoms with Crippen LogP contribution < -0.4 is 10.1 Å². The van der Waals surface area contributed by atoms with Crippen LogP contribution in [0.4, 0.5) is 0 Å². The second-order valence-corrected chi connectivity index (χ2v) is 6.19. The minimum absolute atomic E-state index is 0.109. The van der Waals surface area contributed by atoms with Crippen LogP contribution in [-0.4, -0.2) is 49.8 Å². The second kappa shape index (κ2) is 7.55. The lowest BCUT2D eigenvalue weighted by atomic mass is 10.1. The number of hydrogen-bond acceptors (Lipinski definition) is 4. The van der Waals surface area contributed by atoms with Gasteiger partial charge in [0.05, 0.1) is 12.9 Å². The molecule has 0 radical (unpaired) electrons. The Kier molecular flexibility index (Phi) is 5.73. The van der Waals surface area contributed by atoms with Gasteiger partial charge >= 0.3 is 0 Å². The number of methoxy groups -OCH3 is 1. The third kappa shape index (κ3) is 4.72. The van der Waals surface area contributed by atoms with Gasteiger partial charge in [-0.1, -0.05) is 6.07 Å². The molecule has 0 aliphatic carbocycles. The number of hydrogen-bond donors (Lipinski definition) is 1. The molecule has 2 rings (SSSR count). The summed E-state index contributed by atoms with van der Waals surface area (Å²) in [7, 11) is 3.75. The zero-order valence-electron chi connectivity index (χ0n) is 12.1. The number of carbonyl (C=O) groups excluding carboxylic acids is 1. The quantitative estimate of drug-likeness (QED) is 0.843. The predicted octanol–water partition coefficient (Wildman–Crippen LogP) is 2.00. The third-order valence-electron chi connectivity index (χ3n) is 3.40. The first-order valence-corrected chi connectivity index (χ1v) is 7.90. The molecule has 1 aliphatic rings. The van der Waals surface area contributed by atoms with Crippen LogP contribution in [0.1, 0.15) is 12.8 Å². The van der Waals surface area contributed by atoms with E-state index >= 15 is 0 Å². The molecule has 0 saturated carbocycles. The summed E-state index contributed by atoms with van der Waals surface area (Å²) in [5.74, 6) is 1.38. The highest BCUT2D eigenvalue weighted by Crippen LogP contribution is 2.22. The van der Waals surface area contributed by atoms with E-state index < -0.39 is 0 Å². The molecule has 1 fully saturated rings. The van der Waals surface area contributed by atoms with Crippen LogP contribution in [0.5, 0.6) is 5.75 Å². The van der Waals surface area contributed by atoms with E-state index in [-0.39, 0.29) is 5.91 Å². The first-order valence-electron chi connectivity index (χ1n) is 6.92. The molecule has 1 aromatic carbocycles. The van der Waals surface area contributed by atoms with Crippen molar-refractivity contribution in [3.05, 3.63) is 24.3 Å². The van der Waals surface area contributed by atoms with E-state index in [9.17, 15) is 4.79 Å². The Balaban J connectivity index is 1.76. The summed E-state index contributed by atoms with van der Waals surface area (Å²) >= 11 is 1.54. The minimum Gasteiger partial charge on any atom is -0.497 e. The molecule has 5 heteroatoms. The molecule has 0 bridgehead atoms. The zero-order valence-corrected chi connectivity index (χ0v) is 12.9. The predicted molar refractivity (Wildman–Crippen MR) is 82.4 cm³/mol. The smallest absolute Gasteiger partial charge is 0.230 e. The molecule has 4 nitrogen and oxygen atoms in total. The summed E-state index contributed by atoms with van der Waals surface area (Å²) in [6.45, 7) is 2.08. The van der Waals surface area contributed by atoms with Crippen molar-refractivity contribution in [2.45, 2.75) is 23.8 Å². The van der Waals surface area contributed by atoms with Crippen LogP contribution in [0.3, 0.4) is 0 Å². The molecular formula is C15H22N2O2S. The van der Waals surface area contributed by atoms with Gasteiger partial charge in [0.2, 0.25) is 5.91 Å². The number of likely N-dealkylation sites (tertiary alicyclic amines) is 1. The summed E-state index contributed by atoms with van der Waals surface area (Å²) in [6, 6.07) is 8.09. The van der Waals surface area contributed by atoms with Crippen molar-refractivity contribution in [1.29, 1.82) is 0 Å².